The molecule has 2 nitrogen and oxygen atoms in total. The van der Waals surface area contributed by atoms with Gasteiger partial charge in [0.25, 0.3) is 0 Å². The van der Waals surface area contributed by atoms with Gasteiger partial charge in [0.05, 0.1) is 0 Å². The van der Waals surface area contributed by atoms with E-state index in [-0.39, 0.29) is 0 Å². The molecule has 0 saturated carbocycles. The Kier molecular flexibility index (Phi) is 5.55. The van der Waals surface area contributed by atoms with Crippen LogP contribution in [0.5, 0.6) is 0 Å². The van der Waals surface area contributed by atoms with Gasteiger partial charge >= 0.3 is 0 Å². The van der Waals surface area contributed by atoms with Crippen LogP contribution in [-0.2, 0) is 0 Å². The molecule has 1 saturated heterocycles. The van der Waals surface area contributed by atoms with Gasteiger partial charge in [0.1, 0.15) is 0 Å². The summed E-state index contributed by atoms with van der Waals surface area (Å²) in [5.41, 5.74) is 0. The number of hydrogen-bond donors (Lipinski definition) is 1. The number of thiophene rings is 1. The Bertz CT molecular complexity index is 340. The van der Waals surface area contributed by atoms with Crippen molar-refractivity contribution in [2.75, 3.05) is 25.4 Å². The predicted molar refractivity (Wildman–Crippen MR) is 83.7 cm³/mol. The molecule has 1 aromatic rings. The number of nitrogens with zero attached hydrogens (tertiary/aromatic N) is 1. The minimum Gasteiger partial charge on any atom is -0.308 e. The van der Waals surface area contributed by atoms with E-state index in [9.17, 15) is 0 Å². The van der Waals surface area contributed by atoms with Crippen LogP contribution < -0.4 is 5.32 Å². The third-order valence-corrected chi connectivity index (χ3v) is 6.23. The van der Waals surface area contributed by atoms with Crippen molar-refractivity contribution in [3.05, 3.63) is 22.4 Å². The first-order valence-corrected chi connectivity index (χ1v) is 8.73. The summed E-state index contributed by atoms with van der Waals surface area (Å²) in [4.78, 5) is 4.06. The van der Waals surface area contributed by atoms with Crippen LogP contribution in [0.3, 0.4) is 0 Å². The number of nitrogens with one attached hydrogen (secondary N) is 1. The average Bonchev–Trinajstić information content (AvgIpc) is 2.88. The first-order chi connectivity index (χ1) is 8.68. The van der Waals surface area contributed by atoms with E-state index >= 15 is 0 Å². The van der Waals surface area contributed by atoms with Gasteiger partial charge in [0.2, 0.25) is 0 Å². The largest absolute Gasteiger partial charge is 0.308 e. The molecule has 3 unspecified atom stereocenters. The van der Waals surface area contributed by atoms with Crippen molar-refractivity contribution < 1.29 is 0 Å². The van der Waals surface area contributed by atoms with Gasteiger partial charge in [-0.3, -0.25) is 4.90 Å². The smallest absolute Gasteiger partial charge is 0.0386 e. The zero-order chi connectivity index (χ0) is 13.0. The van der Waals surface area contributed by atoms with Crippen LogP contribution in [0.1, 0.15) is 31.7 Å². The van der Waals surface area contributed by atoms with Crippen LogP contribution in [-0.4, -0.2) is 41.6 Å². The standard InChI is InChI=1S/C14H24N2S2/c1-11(14-5-4-9-18-14)15-6-7-16-8-10-17-13(3)12(16)2/h4-5,9,11-13,15H,6-8,10H2,1-3H3. The van der Waals surface area contributed by atoms with Crippen molar-refractivity contribution in [3.63, 3.8) is 0 Å². The monoisotopic (exact) mass is 284 g/mol. The molecular formula is C14H24N2S2. The minimum atomic E-state index is 0.483. The molecule has 1 aliphatic heterocycles. The lowest BCUT2D eigenvalue weighted by Gasteiger charge is -2.37. The topological polar surface area (TPSA) is 15.3 Å². The van der Waals surface area contributed by atoms with Gasteiger partial charge in [0.15, 0.2) is 0 Å². The first-order valence-electron chi connectivity index (χ1n) is 6.81. The second kappa shape index (κ2) is 6.94. The summed E-state index contributed by atoms with van der Waals surface area (Å²) in [5.74, 6) is 1.28. The van der Waals surface area contributed by atoms with Crippen molar-refractivity contribution in [2.45, 2.75) is 38.1 Å². The van der Waals surface area contributed by atoms with E-state index < -0.39 is 0 Å². The summed E-state index contributed by atoms with van der Waals surface area (Å²) < 4.78 is 0. The molecule has 2 rings (SSSR count). The summed E-state index contributed by atoms with van der Waals surface area (Å²) in [6.07, 6.45) is 0. The van der Waals surface area contributed by atoms with E-state index in [0.29, 0.717) is 12.1 Å². The molecule has 1 fully saturated rings. The highest BCUT2D eigenvalue weighted by Gasteiger charge is 2.24. The van der Waals surface area contributed by atoms with Crippen LogP contribution >= 0.6 is 23.1 Å². The van der Waals surface area contributed by atoms with Gasteiger partial charge in [-0.05, 0) is 25.3 Å². The zero-order valence-corrected chi connectivity index (χ0v) is 13.2. The molecule has 2 heterocycles. The fraction of sp³-hybridized carbons (Fsp3) is 0.714. The fourth-order valence-electron chi connectivity index (χ4n) is 2.37. The Labute approximate surface area is 119 Å². The third-order valence-electron chi connectivity index (χ3n) is 3.83. The normalized spacial score (nSPS) is 27.3. The van der Waals surface area contributed by atoms with Gasteiger partial charge < -0.3 is 5.32 Å². The molecule has 0 radical (unpaired) electrons. The Morgan fingerprint density at radius 2 is 2.33 bits per heavy atom. The molecule has 1 N–H and O–H groups in total. The molecule has 0 spiro atoms. The molecule has 1 aromatic heterocycles. The molecule has 18 heavy (non-hydrogen) atoms. The number of rotatable bonds is 5. The number of hydrogen-bond acceptors (Lipinski definition) is 4. The molecule has 0 amide bonds. The molecule has 102 valence electrons. The maximum atomic E-state index is 3.63. The fourth-order valence-corrected chi connectivity index (χ4v) is 4.30. The second-order valence-corrected chi connectivity index (χ2v) is 7.51. The van der Waals surface area contributed by atoms with E-state index in [1.54, 1.807) is 0 Å². The Morgan fingerprint density at radius 1 is 1.50 bits per heavy atom. The van der Waals surface area contributed by atoms with Crippen LogP contribution in [0, 0.1) is 0 Å². The maximum Gasteiger partial charge on any atom is 0.0386 e. The number of thioether (sulfide) groups is 1. The average molecular weight is 284 g/mol. The summed E-state index contributed by atoms with van der Waals surface area (Å²) in [6, 6.07) is 5.54. The van der Waals surface area contributed by atoms with Gasteiger partial charge in [-0.1, -0.05) is 13.0 Å². The van der Waals surface area contributed by atoms with Gasteiger partial charge in [-0.25, -0.2) is 0 Å². The molecule has 3 atom stereocenters. The van der Waals surface area contributed by atoms with Crippen molar-refractivity contribution >= 4 is 23.1 Å². The van der Waals surface area contributed by atoms with E-state index in [0.717, 1.165) is 11.8 Å². The second-order valence-electron chi connectivity index (χ2n) is 5.04. The lowest BCUT2D eigenvalue weighted by molar-refractivity contribution is 0.211. The highest BCUT2D eigenvalue weighted by molar-refractivity contribution is 8.00. The van der Waals surface area contributed by atoms with Gasteiger partial charge in [-0.15, -0.1) is 11.3 Å². The van der Waals surface area contributed by atoms with Crippen molar-refractivity contribution in [1.82, 2.24) is 10.2 Å². The molecule has 1 aliphatic rings. The summed E-state index contributed by atoms with van der Waals surface area (Å²) in [6.45, 7) is 10.5. The van der Waals surface area contributed by atoms with Crippen LogP contribution in [0.15, 0.2) is 17.5 Å². The molecule has 0 aromatic carbocycles. The van der Waals surface area contributed by atoms with Crippen LogP contribution in [0.4, 0.5) is 0 Å². The summed E-state index contributed by atoms with van der Waals surface area (Å²) in [7, 11) is 0. The summed E-state index contributed by atoms with van der Waals surface area (Å²) >= 11 is 3.95. The first kappa shape index (κ1) is 14.4. The highest BCUT2D eigenvalue weighted by Crippen LogP contribution is 2.24. The molecule has 0 aliphatic carbocycles. The van der Waals surface area contributed by atoms with Crippen LogP contribution in [0.25, 0.3) is 0 Å². The molecular weight excluding hydrogens is 260 g/mol. The Hall–Kier alpha value is -0.0300. The van der Waals surface area contributed by atoms with E-state index in [1.165, 1.54) is 23.7 Å². The lowest BCUT2D eigenvalue weighted by atomic mass is 10.2. The zero-order valence-electron chi connectivity index (χ0n) is 11.6. The van der Waals surface area contributed by atoms with Crippen molar-refractivity contribution in [1.29, 1.82) is 0 Å². The lowest BCUT2D eigenvalue weighted by Crippen LogP contribution is -2.47. The Balaban J connectivity index is 1.71. The maximum absolute atomic E-state index is 3.63. The molecule has 4 heteroatoms. The quantitative estimate of drug-likeness (QED) is 0.894. The van der Waals surface area contributed by atoms with E-state index in [1.807, 2.05) is 11.3 Å². The third kappa shape index (κ3) is 3.73. The SMILES string of the molecule is CC(NCCN1CCSC(C)C1C)c1cccs1. The molecule has 0 bridgehead atoms. The van der Waals surface area contributed by atoms with Crippen molar-refractivity contribution in [2.24, 2.45) is 0 Å². The van der Waals surface area contributed by atoms with E-state index in [4.69, 9.17) is 0 Å². The Morgan fingerprint density at radius 3 is 3.06 bits per heavy atom. The van der Waals surface area contributed by atoms with Gasteiger partial charge in [-0.2, -0.15) is 11.8 Å². The van der Waals surface area contributed by atoms with Gasteiger partial charge in [0, 0.05) is 47.6 Å². The van der Waals surface area contributed by atoms with Crippen LogP contribution in [0.2, 0.25) is 0 Å². The summed E-state index contributed by atoms with van der Waals surface area (Å²) in [5, 5.41) is 6.55. The van der Waals surface area contributed by atoms with E-state index in [2.05, 4.69) is 60.3 Å². The predicted octanol–water partition coefficient (Wildman–Crippen LogP) is 3.22. The highest BCUT2D eigenvalue weighted by atomic mass is 32.2. The van der Waals surface area contributed by atoms with Crippen molar-refractivity contribution in [3.8, 4) is 0 Å². The minimum absolute atomic E-state index is 0.483.